The van der Waals surface area contributed by atoms with Crippen LogP contribution in [0.3, 0.4) is 0 Å². The summed E-state index contributed by atoms with van der Waals surface area (Å²) in [5.41, 5.74) is 1.99. The fraction of sp³-hybridized carbons (Fsp3) is 0.294. The maximum Gasteiger partial charge on any atom is 0.250 e. The average molecular weight is 327 g/mol. The number of hydrogen-bond acceptors (Lipinski definition) is 4. The van der Waals surface area contributed by atoms with Crippen LogP contribution in [0.15, 0.2) is 48.6 Å². The van der Waals surface area contributed by atoms with E-state index in [1.807, 2.05) is 13.0 Å². The van der Waals surface area contributed by atoms with Crippen LogP contribution >= 0.6 is 0 Å². The molecular formula is C17H21N5O2. The van der Waals surface area contributed by atoms with Gasteiger partial charge in [0.05, 0.1) is 0 Å². The van der Waals surface area contributed by atoms with Gasteiger partial charge in [0.15, 0.2) is 0 Å². The Balaban J connectivity index is 1.96. The Kier molecular flexibility index (Phi) is 5.83. The van der Waals surface area contributed by atoms with E-state index in [1.54, 1.807) is 38.1 Å². The molecular weight excluding hydrogens is 306 g/mol. The summed E-state index contributed by atoms with van der Waals surface area (Å²) in [5, 5.41) is 9.56. The van der Waals surface area contributed by atoms with E-state index in [-0.39, 0.29) is 11.8 Å². The first-order valence-corrected chi connectivity index (χ1v) is 7.74. The molecule has 2 amide bonds. The number of nitrogens with one attached hydrogen (secondary N) is 2. The number of carbonyl (C=O) groups excluding carboxylic acids is 2. The van der Waals surface area contributed by atoms with Gasteiger partial charge in [-0.15, -0.1) is 0 Å². The summed E-state index contributed by atoms with van der Waals surface area (Å²) in [5.74, 6) is -0.326. The number of nitrogens with zero attached hydrogens (tertiary/aromatic N) is 3. The van der Waals surface area contributed by atoms with Gasteiger partial charge in [0, 0.05) is 16.9 Å². The zero-order valence-electron chi connectivity index (χ0n) is 14.0. The molecule has 0 aliphatic carbocycles. The molecule has 0 saturated carbocycles. The van der Waals surface area contributed by atoms with Crippen LogP contribution in [0.4, 0.5) is 11.4 Å². The quantitative estimate of drug-likeness (QED) is 0.798. The molecule has 0 saturated heterocycles. The van der Waals surface area contributed by atoms with Crippen LogP contribution in [0.5, 0.6) is 0 Å². The van der Waals surface area contributed by atoms with E-state index < -0.39 is 6.04 Å². The minimum absolute atomic E-state index is 0.131. The van der Waals surface area contributed by atoms with Crippen LogP contribution in [0.1, 0.15) is 33.2 Å². The van der Waals surface area contributed by atoms with E-state index in [0.29, 0.717) is 16.9 Å². The Morgan fingerprint density at radius 2 is 1.83 bits per heavy atom. The molecule has 0 aliphatic heterocycles. The van der Waals surface area contributed by atoms with Gasteiger partial charge in [-0.3, -0.25) is 9.59 Å². The molecule has 7 heteroatoms. The lowest BCUT2D eigenvalue weighted by atomic mass is 10.2. The largest absolute Gasteiger partial charge is 0.324 e. The van der Waals surface area contributed by atoms with Gasteiger partial charge in [-0.2, -0.15) is 5.10 Å². The summed E-state index contributed by atoms with van der Waals surface area (Å²) in [7, 11) is 0. The van der Waals surface area contributed by atoms with Crippen molar-refractivity contribution in [3.8, 4) is 0 Å². The molecule has 0 radical (unpaired) electrons. The molecule has 0 fully saturated rings. The molecule has 7 nitrogen and oxygen atoms in total. The van der Waals surface area contributed by atoms with Gasteiger partial charge in [-0.1, -0.05) is 13.0 Å². The maximum absolute atomic E-state index is 12.2. The van der Waals surface area contributed by atoms with Crippen molar-refractivity contribution in [1.82, 2.24) is 14.8 Å². The van der Waals surface area contributed by atoms with Crippen molar-refractivity contribution in [2.45, 2.75) is 33.2 Å². The Labute approximate surface area is 140 Å². The highest BCUT2D eigenvalue weighted by Gasteiger charge is 2.15. The summed E-state index contributed by atoms with van der Waals surface area (Å²) in [6.07, 6.45) is 5.56. The molecule has 0 spiro atoms. The minimum atomic E-state index is -0.464. The van der Waals surface area contributed by atoms with Gasteiger partial charge in [0.2, 0.25) is 5.91 Å². The highest BCUT2D eigenvalue weighted by Crippen LogP contribution is 2.16. The summed E-state index contributed by atoms with van der Waals surface area (Å²) in [6, 6.07) is 6.49. The lowest BCUT2D eigenvalue weighted by Crippen LogP contribution is -2.24. The van der Waals surface area contributed by atoms with Crippen molar-refractivity contribution in [3.63, 3.8) is 0 Å². The Morgan fingerprint density at radius 1 is 1.21 bits per heavy atom. The van der Waals surface area contributed by atoms with E-state index in [4.69, 9.17) is 0 Å². The molecule has 2 aromatic rings. The molecule has 1 heterocycles. The predicted molar refractivity (Wildman–Crippen MR) is 92.5 cm³/mol. The molecule has 0 aliphatic rings. The van der Waals surface area contributed by atoms with Gasteiger partial charge < -0.3 is 10.6 Å². The number of amides is 2. The molecule has 1 atom stereocenters. The van der Waals surface area contributed by atoms with Crippen LogP contribution in [-0.2, 0) is 9.59 Å². The van der Waals surface area contributed by atoms with Crippen LogP contribution in [0, 0.1) is 0 Å². The Bertz CT molecular complexity index is 720. The number of aromatic nitrogens is 3. The average Bonchev–Trinajstić information content (AvgIpc) is 3.10. The van der Waals surface area contributed by atoms with Gasteiger partial charge in [0.1, 0.15) is 18.7 Å². The Hall–Kier alpha value is -2.96. The van der Waals surface area contributed by atoms with Gasteiger partial charge in [0.25, 0.3) is 5.91 Å². The normalized spacial score (nSPS) is 12.5. The van der Waals surface area contributed by atoms with E-state index in [1.165, 1.54) is 17.3 Å². The van der Waals surface area contributed by atoms with Crippen LogP contribution in [-0.4, -0.2) is 26.6 Å². The summed E-state index contributed by atoms with van der Waals surface area (Å²) < 4.78 is 1.48. The third-order valence-electron chi connectivity index (χ3n) is 3.49. The third-order valence-corrected chi connectivity index (χ3v) is 3.49. The van der Waals surface area contributed by atoms with Crippen molar-refractivity contribution in [2.75, 3.05) is 10.6 Å². The fourth-order valence-electron chi connectivity index (χ4n) is 2.05. The number of rotatable bonds is 6. The maximum atomic E-state index is 12.2. The number of anilines is 2. The lowest BCUT2D eigenvalue weighted by molar-refractivity contribution is -0.119. The third kappa shape index (κ3) is 4.52. The van der Waals surface area contributed by atoms with Gasteiger partial charge >= 0.3 is 0 Å². The zero-order valence-corrected chi connectivity index (χ0v) is 14.0. The van der Waals surface area contributed by atoms with Gasteiger partial charge in [-0.05, 0) is 44.5 Å². The summed E-state index contributed by atoms with van der Waals surface area (Å²) in [6.45, 7) is 5.50. The van der Waals surface area contributed by atoms with Crippen molar-refractivity contribution < 1.29 is 9.59 Å². The SMILES string of the molecule is CC/C=C(/C)C(=O)Nc1ccc(NC(=O)C(C)n2cncn2)cc1. The van der Waals surface area contributed by atoms with Crippen LogP contribution in [0.25, 0.3) is 0 Å². The molecule has 1 unspecified atom stereocenters. The molecule has 2 N–H and O–H groups in total. The van der Waals surface area contributed by atoms with Crippen molar-refractivity contribution in [2.24, 2.45) is 0 Å². The standard InChI is InChI=1S/C17H21N5O2/c1-4-5-12(2)16(23)20-14-6-8-15(9-7-14)21-17(24)13(3)22-11-18-10-19-22/h5-11,13H,4H2,1-3H3,(H,20,23)(H,21,24)/b12-5-. The number of allylic oxidation sites excluding steroid dienone is 1. The highest BCUT2D eigenvalue weighted by atomic mass is 16.2. The van der Waals surface area contributed by atoms with E-state index in [9.17, 15) is 9.59 Å². The van der Waals surface area contributed by atoms with E-state index in [2.05, 4.69) is 20.7 Å². The second kappa shape index (κ2) is 8.05. The van der Waals surface area contributed by atoms with Crippen molar-refractivity contribution >= 4 is 23.2 Å². The van der Waals surface area contributed by atoms with Crippen LogP contribution < -0.4 is 10.6 Å². The molecule has 2 rings (SSSR count). The summed E-state index contributed by atoms with van der Waals surface area (Å²) >= 11 is 0. The molecule has 1 aromatic heterocycles. The number of hydrogen-bond donors (Lipinski definition) is 2. The highest BCUT2D eigenvalue weighted by molar-refractivity contribution is 6.03. The topological polar surface area (TPSA) is 88.9 Å². The first kappa shape index (κ1) is 17.4. The van der Waals surface area contributed by atoms with Crippen molar-refractivity contribution in [1.29, 1.82) is 0 Å². The van der Waals surface area contributed by atoms with Crippen molar-refractivity contribution in [3.05, 3.63) is 48.6 Å². The predicted octanol–water partition coefficient (Wildman–Crippen LogP) is 2.77. The zero-order chi connectivity index (χ0) is 17.5. The first-order valence-electron chi connectivity index (χ1n) is 7.74. The first-order chi connectivity index (χ1) is 11.5. The second-order valence-corrected chi connectivity index (χ2v) is 5.37. The van der Waals surface area contributed by atoms with Gasteiger partial charge in [-0.25, -0.2) is 9.67 Å². The number of benzene rings is 1. The van der Waals surface area contributed by atoms with E-state index in [0.717, 1.165) is 6.42 Å². The smallest absolute Gasteiger partial charge is 0.250 e. The minimum Gasteiger partial charge on any atom is -0.324 e. The molecule has 126 valence electrons. The number of carbonyl (C=O) groups is 2. The summed E-state index contributed by atoms with van der Waals surface area (Å²) in [4.78, 5) is 27.9. The van der Waals surface area contributed by atoms with Crippen LogP contribution in [0.2, 0.25) is 0 Å². The Morgan fingerprint density at radius 3 is 2.38 bits per heavy atom. The molecule has 24 heavy (non-hydrogen) atoms. The molecule has 1 aromatic carbocycles. The lowest BCUT2D eigenvalue weighted by Gasteiger charge is -2.12. The fourth-order valence-corrected chi connectivity index (χ4v) is 2.05. The van der Waals surface area contributed by atoms with E-state index >= 15 is 0 Å². The monoisotopic (exact) mass is 327 g/mol. The molecule has 0 bridgehead atoms. The second-order valence-electron chi connectivity index (χ2n) is 5.37.